The van der Waals surface area contributed by atoms with E-state index in [0.717, 1.165) is 11.0 Å². The van der Waals surface area contributed by atoms with Crippen LogP contribution in [-0.2, 0) is 18.9 Å². The van der Waals surface area contributed by atoms with E-state index in [4.69, 9.17) is 5.73 Å². The Morgan fingerprint density at radius 3 is 2.67 bits per heavy atom. The number of nitrogens with zero attached hydrogens (tertiary/aromatic N) is 3. The third-order valence-electron chi connectivity index (χ3n) is 3.24. The monoisotopic (exact) mass is 294 g/mol. The number of hydrogen-bond donors (Lipinski definition) is 3. The van der Waals surface area contributed by atoms with Crippen LogP contribution in [0.25, 0.3) is 11.2 Å². The number of amides is 1. The highest BCUT2D eigenvalue weighted by Crippen LogP contribution is 2.08. The van der Waals surface area contributed by atoms with Crippen molar-refractivity contribution in [2.45, 2.75) is 19.3 Å². The molecule has 0 aliphatic heterocycles. The van der Waals surface area contributed by atoms with E-state index >= 15 is 0 Å². The maximum Gasteiger partial charge on any atom is 0.332 e. The van der Waals surface area contributed by atoms with Gasteiger partial charge in [0.05, 0.1) is 0 Å². The van der Waals surface area contributed by atoms with E-state index in [2.05, 4.69) is 15.3 Å². The molecule has 21 heavy (non-hydrogen) atoms. The van der Waals surface area contributed by atoms with Crippen molar-refractivity contribution in [3.63, 3.8) is 0 Å². The third-order valence-corrected chi connectivity index (χ3v) is 3.24. The van der Waals surface area contributed by atoms with Crippen LogP contribution < -0.4 is 22.3 Å². The topological polar surface area (TPSA) is 128 Å². The number of imidazole rings is 1. The van der Waals surface area contributed by atoms with Crippen molar-refractivity contribution in [2.24, 2.45) is 19.8 Å². The second-order valence-corrected chi connectivity index (χ2v) is 4.84. The van der Waals surface area contributed by atoms with E-state index in [1.807, 2.05) is 0 Å². The Balaban J connectivity index is 2.15. The summed E-state index contributed by atoms with van der Waals surface area (Å²) < 4.78 is 2.34. The number of hydrogen-bond acceptors (Lipinski definition) is 5. The maximum atomic E-state index is 12.0. The van der Waals surface area contributed by atoms with E-state index in [1.54, 1.807) is 7.05 Å². The molecule has 0 unspecified atom stereocenters. The minimum atomic E-state index is -0.424. The van der Waals surface area contributed by atoms with E-state index in [-0.39, 0.29) is 11.4 Å². The molecule has 4 N–H and O–H groups in total. The molecular weight excluding hydrogens is 276 g/mol. The fourth-order valence-electron chi connectivity index (χ4n) is 2.04. The molecule has 9 heteroatoms. The molecule has 0 saturated heterocycles. The molecule has 0 fully saturated rings. The van der Waals surface area contributed by atoms with Crippen LogP contribution in [0.4, 0.5) is 5.95 Å². The van der Waals surface area contributed by atoms with Gasteiger partial charge < -0.3 is 16.0 Å². The van der Waals surface area contributed by atoms with Gasteiger partial charge in [-0.15, -0.1) is 0 Å². The summed E-state index contributed by atoms with van der Waals surface area (Å²) in [7, 11) is 2.98. The Hall–Kier alpha value is -2.58. The number of rotatable bonds is 6. The van der Waals surface area contributed by atoms with Crippen molar-refractivity contribution in [3.8, 4) is 0 Å². The molecule has 2 rings (SSSR count). The molecule has 114 valence electrons. The molecule has 2 heterocycles. The molecule has 0 aromatic carbocycles. The fraction of sp³-hybridized carbons (Fsp3) is 0.500. The first-order chi connectivity index (χ1) is 9.91. The van der Waals surface area contributed by atoms with Gasteiger partial charge in [-0.25, -0.2) is 4.79 Å². The lowest BCUT2D eigenvalue weighted by atomic mass is 10.2. The first-order valence-corrected chi connectivity index (χ1v) is 6.59. The summed E-state index contributed by atoms with van der Waals surface area (Å²) in [6.45, 7) is 0.585. The highest BCUT2D eigenvalue weighted by Gasteiger charge is 2.12. The summed E-state index contributed by atoms with van der Waals surface area (Å²) in [6.07, 6.45) is 1.77. The number of anilines is 1. The summed E-state index contributed by atoms with van der Waals surface area (Å²) in [4.78, 5) is 41.4. The summed E-state index contributed by atoms with van der Waals surface area (Å²) in [5.74, 6) is 0.0969. The zero-order valence-electron chi connectivity index (χ0n) is 12.0. The van der Waals surface area contributed by atoms with E-state index < -0.39 is 11.2 Å². The number of nitrogens with two attached hydrogens (primary N) is 1. The number of carbonyl (C=O) groups is 1. The Morgan fingerprint density at radius 1 is 1.29 bits per heavy atom. The number of fused-ring (bicyclic) bond motifs is 1. The highest BCUT2D eigenvalue weighted by molar-refractivity contribution is 5.73. The lowest BCUT2D eigenvalue weighted by molar-refractivity contribution is -0.118. The standard InChI is InChI=1S/C12H18N6O3/c1-17-9-8(10(20)18(2)12(17)21)15-11(16-9)14-6-4-3-5-7(13)19/h3-6H2,1-2H3,(H2,13,19)(H2,14,15,16). The molecule has 1 amide bonds. The SMILES string of the molecule is Cn1c(=O)c2[nH]c(NCCCCC(N)=O)nc2n(C)c1=O. The van der Waals surface area contributed by atoms with Gasteiger partial charge >= 0.3 is 5.69 Å². The number of aromatic amines is 1. The van der Waals surface area contributed by atoms with Crippen molar-refractivity contribution >= 4 is 23.0 Å². The van der Waals surface area contributed by atoms with Gasteiger partial charge in [-0.3, -0.25) is 18.7 Å². The maximum absolute atomic E-state index is 12.0. The van der Waals surface area contributed by atoms with Gasteiger partial charge in [0.2, 0.25) is 11.9 Å². The Kier molecular flexibility index (Phi) is 4.10. The molecule has 0 atom stereocenters. The first-order valence-electron chi connectivity index (χ1n) is 6.59. The molecule has 9 nitrogen and oxygen atoms in total. The highest BCUT2D eigenvalue weighted by atomic mass is 16.2. The molecule has 0 saturated carbocycles. The van der Waals surface area contributed by atoms with Crippen LogP contribution in [0.5, 0.6) is 0 Å². The quantitative estimate of drug-likeness (QED) is 0.590. The largest absolute Gasteiger partial charge is 0.370 e. The summed E-state index contributed by atoms with van der Waals surface area (Å²) >= 11 is 0. The number of H-pyrrole nitrogens is 1. The predicted octanol–water partition coefficient (Wildman–Crippen LogP) is -0.972. The molecule has 2 aromatic heterocycles. The van der Waals surface area contributed by atoms with E-state index in [1.165, 1.54) is 11.6 Å². The number of primary amides is 1. The van der Waals surface area contributed by atoms with Crippen molar-refractivity contribution in [1.29, 1.82) is 0 Å². The van der Waals surface area contributed by atoms with Crippen LogP contribution in [0.3, 0.4) is 0 Å². The number of carbonyl (C=O) groups excluding carboxylic acids is 1. The normalized spacial score (nSPS) is 11.0. The van der Waals surface area contributed by atoms with Gasteiger partial charge in [0.1, 0.15) is 0 Å². The fourth-order valence-corrected chi connectivity index (χ4v) is 2.04. The van der Waals surface area contributed by atoms with Crippen molar-refractivity contribution in [2.75, 3.05) is 11.9 Å². The first kappa shape index (κ1) is 14.8. The van der Waals surface area contributed by atoms with Gasteiger partial charge in [-0.2, -0.15) is 4.98 Å². The molecule has 0 spiro atoms. The molecule has 0 aliphatic rings. The third kappa shape index (κ3) is 2.96. The van der Waals surface area contributed by atoms with E-state index in [9.17, 15) is 14.4 Å². The zero-order chi connectivity index (χ0) is 15.6. The van der Waals surface area contributed by atoms with E-state index in [0.29, 0.717) is 31.0 Å². The minimum Gasteiger partial charge on any atom is -0.370 e. The Morgan fingerprint density at radius 2 is 2.00 bits per heavy atom. The second kappa shape index (κ2) is 5.81. The van der Waals surface area contributed by atoms with Crippen LogP contribution in [0.1, 0.15) is 19.3 Å². The summed E-state index contributed by atoms with van der Waals surface area (Å²) in [5.41, 5.74) is 4.80. The number of unbranched alkanes of at least 4 members (excludes halogenated alkanes) is 1. The summed E-state index contributed by atoms with van der Waals surface area (Å²) in [5, 5.41) is 3.02. The van der Waals surface area contributed by atoms with Crippen LogP contribution in [0.2, 0.25) is 0 Å². The average molecular weight is 294 g/mol. The zero-order valence-corrected chi connectivity index (χ0v) is 12.0. The molecule has 2 aromatic rings. The summed E-state index contributed by atoms with van der Waals surface area (Å²) in [6, 6.07) is 0. The number of nitrogens with one attached hydrogen (secondary N) is 2. The smallest absolute Gasteiger partial charge is 0.332 e. The predicted molar refractivity (Wildman–Crippen MR) is 78.1 cm³/mol. The van der Waals surface area contributed by atoms with Gasteiger partial charge in [-0.1, -0.05) is 0 Å². The van der Waals surface area contributed by atoms with Gasteiger partial charge in [0.25, 0.3) is 5.56 Å². The lowest BCUT2D eigenvalue weighted by Gasteiger charge is -2.01. The molecule has 0 aliphatic carbocycles. The van der Waals surface area contributed by atoms with Gasteiger partial charge in [0.15, 0.2) is 11.2 Å². The number of aromatic nitrogens is 4. The Labute approximate surface area is 119 Å². The molecular formula is C12H18N6O3. The van der Waals surface area contributed by atoms with Crippen molar-refractivity contribution in [1.82, 2.24) is 19.1 Å². The van der Waals surface area contributed by atoms with Gasteiger partial charge in [0, 0.05) is 27.1 Å². The molecule has 0 bridgehead atoms. The van der Waals surface area contributed by atoms with Crippen molar-refractivity contribution in [3.05, 3.63) is 20.8 Å². The molecule has 0 radical (unpaired) electrons. The van der Waals surface area contributed by atoms with Crippen LogP contribution in [0, 0.1) is 0 Å². The van der Waals surface area contributed by atoms with Gasteiger partial charge in [-0.05, 0) is 12.8 Å². The Bertz CT molecular complexity index is 785. The average Bonchev–Trinajstić information content (AvgIpc) is 2.86. The van der Waals surface area contributed by atoms with Crippen LogP contribution in [0.15, 0.2) is 9.59 Å². The van der Waals surface area contributed by atoms with Crippen molar-refractivity contribution < 1.29 is 4.79 Å². The van der Waals surface area contributed by atoms with Crippen LogP contribution in [-0.4, -0.2) is 31.6 Å². The second-order valence-electron chi connectivity index (χ2n) is 4.84. The minimum absolute atomic E-state index is 0.277. The number of aryl methyl sites for hydroxylation is 1. The lowest BCUT2D eigenvalue weighted by Crippen LogP contribution is -2.36. The van der Waals surface area contributed by atoms with Crippen LogP contribution >= 0.6 is 0 Å².